The van der Waals surface area contributed by atoms with Gasteiger partial charge in [-0.15, -0.1) is 0 Å². The van der Waals surface area contributed by atoms with Crippen molar-refractivity contribution < 1.29 is 8.42 Å². The van der Waals surface area contributed by atoms with Crippen LogP contribution in [0.25, 0.3) is 11.0 Å². The lowest BCUT2D eigenvalue weighted by atomic mass is 10.3. The molecule has 0 bridgehead atoms. The molecule has 0 atom stereocenters. The Morgan fingerprint density at radius 2 is 1.90 bits per heavy atom. The van der Waals surface area contributed by atoms with Crippen molar-refractivity contribution in [3.8, 4) is 0 Å². The monoisotopic (exact) mass is 322 g/mol. The fraction of sp³-hybridized carbons (Fsp3) is 0. The number of fused-ring (bicyclic) bond motifs is 1. The number of sulfonamides is 1. The van der Waals surface area contributed by atoms with Crippen LogP contribution in [0.2, 0.25) is 5.02 Å². The molecule has 0 unspecified atom stereocenters. The van der Waals surface area contributed by atoms with Crippen molar-refractivity contribution in [2.75, 3.05) is 10.5 Å². The summed E-state index contributed by atoms with van der Waals surface area (Å²) in [5, 5.41) is 0.0543. The zero-order chi connectivity index (χ0) is 15.0. The first-order valence-electron chi connectivity index (χ1n) is 5.99. The number of nitrogens with one attached hydrogen (secondary N) is 2. The molecule has 0 saturated heterocycles. The number of hydrogen-bond donors (Lipinski definition) is 3. The third kappa shape index (κ3) is 2.53. The first kappa shape index (κ1) is 13.7. The standard InChI is InChI=1S/C13H11ClN4O2S/c14-8-4-3-5-9(15)12(8)21(19,20)18-13-16-10-6-1-2-7-11(10)17-13/h1-7H,15H2,(H2,16,17,18). The fourth-order valence-electron chi connectivity index (χ4n) is 1.99. The Labute approximate surface area is 126 Å². The molecule has 0 amide bonds. The maximum absolute atomic E-state index is 12.4. The average Bonchev–Trinajstić information content (AvgIpc) is 2.79. The van der Waals surface area contributed by atoms with Crippen LogP contribution < -0.4 is 10.5 Å². The molecular weight excluding hydrogens is 312 g/mol. The lowest BCUT2D eigenvalue weighted by molar-refractivity contribution is 0.601. The maximum Gasteiger partial charge on any atom is 0.267 e. The van der Waals surface area contributed by atoms with Gasteiger partial charge in [0.25, 0.3) is 10.0 Å². The Bertz CT molecular complexity index is 868. The molecular formula is C13H11ClN4O2S. The number of benzene rings is 2. The fourth-order valence-corrected chi connectivity index (χ4v) is 3.63. The SMILES string of the molecule is Nc1cccc(Cl)c1S(=O)(=O)Nc1nc2ccccc2[nH]1. The van der Waals surface area contributed by atoms with Gasteiger partial charge in [0.1, 0.15) is 4.90 Å². The first-order chi connectivity index (χ1) is 9.97. The molecule has 6 nitrogen and oxygen atoms in total. The van der Waals surface area contributed by atoms with Crippen LogP contribution in [0.5, 0.6) is 0 Å². The van der Waals surface area contributed by atoms with Crippen molar-refractivity contribution in [1.82, 2.24) is 9.97 Å². The van der Waals surface area contributed by atoms with Crippen LogP contribution in [0.3, 0.4) is 0 Å². The minimum atomic E-state index is -3.92. The van der Waals surface area contributed by atoms with E-state index in [1.807, 2.05) is 12.1 Å². The second kappa shape index (κ2) is 4.94. The summed E-state index contributed by atoms with van der Waals surface area (Å²) < 4.78 is 27.1. The number of hydrogen-bond acceptors (Lipinski definition) is 4. The van der Waals surface area contributed by atoms with E-state index >= 15 is 0 Å². The zero-order valence-electron chi connectivity index (χ0n) is 10.7. The van der Waals surface area contributed by atoms with Gasteiger partial charge in [0.2, 0.25) is 5.95 Å². The third-order valence-corrected chi connectivity index (χ3v) is 4.77. The number of H-pyrrole nitrogens is 1. The van der Waals surface area contributed by atoms with Gasteiger partial charge in [-0.3, -0.25) is 0 Å². The summed E-state index contributed by atoms with van der Waals surface area (Å²) in [7, 11) is -3.92. The molecule has 0 aliphatic heterocycles. The highest BCUT2D eigenvalue weighted by Gasteiger charge is 2.22. The van der Waals surface area contributed by atoms with Gasteiger partial charge in [-0.05, 0) is 24.3 Å². The summed E-state index contributed by atoms with van der Waals surface area (Å²) in [6, 6.07) is 11.7. The molecule has 21 heavy (non-hydrogen) atoms. The number of rotatable bonds is 3. The summed E-state index contributed by atoms with van der Waals surface area (Å²) >= 11 is 5.93. The van der Waals surface area contributed by atoms with Crippen molar-refractivity contribution >= 4 is 44.3 Å². The number of nitrogens with two attached hydrogens (primary N) is 1. The van der Waals surface area contributed by atoms with E-state index in [-0.39, 0.29) is 21.6 Å². The van der Waals surface area contributed by atoms with E-state index in [0.717, 1.165) is 5.52 Å². The van der Waals surface area contributed by atoms with E-state index in [2.05, 4.69) is 14.7 Å². The highest BCUT2D eigenvalue weighted by atomic mass is 35.5. The van der Waals surface area contributed by atoms with E-state index in [1.165, 1.54) is 12.1 Å². The highest BCUT2D eigenvalue weighted by Crippen LogP contribution is 2.28. The molecule has 0 radical (unpaired) electrons. The summed E-state index contributed by atoms with van der Waals surface area (Å²) in [6.45, 7) is 0. The molecule has 108 valence electrons. The van der Waals surface area contributed by atoms with Gasteiger partial charge < -0.3 is 10.7 Å². The Balaban J connectivity index is 2.03. The van der Waals surface area contributed by atoms with Crippen LogP contribution in [0.4, 0.5) is 11.6 Å². The van der Waals surface area contributed by atoms with Gasteiger partial charge in [0.05, 0.1) is 21.7 Å². The zero-order valence-corrected chi connectivity index (χ0v) is 12.2. The number of para-hydroxylation sites is 2. The molecule has 0 spiro atoms. The van der Waals surface area contributed by atoms with Crippen LogP contribution >= 0.6 is 11.6 Å². The summed E-state index contributed by atoms with van der Waals surface area (Å²) in [5.74, 6) is 0.107. The van der Waals surface area contributed by atoms with Gasteiger partial charge in [-0.25, -0.2) is 18.1 Å². The number of anilines is 2. The summed E-state index contributed by atoms with van der Waals surface area (Å²) in [5.41, 5.74) is 7.16. The van der Waals surface area contributed by atoms with Gasteiger partial charge in [-0.2, -0.15) is 0 Å². The normalized spacial score (nSPS) is 11.7. The van der Waals surface area contributed by atoms with Crippen LogP contribution in [-0.2, 0) is 10.0 Å². The predicted molar refractivity (Wildman–Crippen MR) is 82.8 cm³/mol. The molecule has 0 aliphatic carbocycles. The second-order valence-corrected chi connectivity index (χ2v) is 6.39. The van der Waals surface area contributed by atoms with Crippen LogP contribution in [0.1, 0.15) is 0 Å². The van der Waals surface area contributed by atoms with Gasteiger partial charge in [0, 0.05) is 0 Å². The van der Waals surface area contributed by atoms with Crippen molar-refractivity contribution in [2.45, 2.75) is 4.90 Å². The molecule has 0 saturated carbocycles. The quantitative estimate of drug-likeness (QED) is 0.645. The molecule has 8 heteroatoms. The molecule has 3 aromatic rings. The number of aromatic amines is 1. The Kier molecular flexibility index (Phi) is 3.23. The molecule has 1 heterocycles. The van der Waals surface area contributed by atoms with Crippen molar-refractivity contribution in [1.29, 1.82) is 0 Å². The minimum Gasteiger partial charge on any atom is -0.398 e. The third-order valence-electron chi connectivity index (χ3n) is 2.89. The average molecular weight is 323 g/mol. The first-order valence-corrected chi connectivity index (χ1v) is 7.85. The van der Waals surface area contributed by atoms with Crippen LogP contribution in [0.15, 0.2) is 47.4 Å². The van der Waals surface area contributed by atoms with Crippen molar-refractivity contribution in [3.05, 3.63) is 47.5 Å². The highest BCUT2D eigenvalue weighted by molar-refractivity contribution is 7.93. The van der Waals surface area contributed by atoms with Crippen LogP contribution in [-0.4, -0.2) is 18.4 Å². The van der Waals surface area contributed by atoms with Crippen molar-refractivity contribution in [2.24, 2.45) is 0 Å². The van der Waals surface area contributed by atoms with E-state index in [1.54, 1.807) is 18.2 Å². The van der Waals surface area contributed by atoms with E-state index in [0.29, 0.717) is 5.52 Å². The molecule has 4 N–H and O–H groups in total. The molecule has 0 aliphatic rings. The smallest absolute Gasteiger partial charge is 0.267 e. The van der Waals surface area contributed by atoms with Crippen LogP contribution in [0, 0.1) is 0 Å². The summed E-state index contributed by atoms with van der Waals surface area (Å²) in [6.07, 6.45) is 0. The summed E-state index contributed by atoms with van der Waals surface area (Å²) in [4.78, 5) is 6.87. The molecule has 1 aromatic heterocycles. The number of halogens is 1. The molecule has 2 aromatic carbocycles. The number of imidazole rings is 1. The van der Waals surface area contributed by atoms with Gasteiger partial charge >= 0.3 is 0 Å². The maximum atomic E-state index is 12.4. The number of nitrogens with zero attached hydrogens (tertiary/aromatic N) is 1. The Morgan fingerprint density at radius 1 is 1.14 bits per heavy atom. The number of aromatic nitrogens is 2. The Hall–Kier alpha value is -2.25. The largest absolute Gasteiger partial charge is 0.398 e. The minimum absolute atomic E-state index is 0.0543. The lowest BCUT2D eigenvalue weighted by Gasteiger charge is -2.09. The van der Waals surface area contributed by atoms with E-state index in [9.17, 15) is 8.42 Å². The molecule has 0 fully saturated rings. The molecule has 3 rings (SSSR count). The van der Waals surface area contributed by atoms with Gasteiger partial charge in [0.15, 0.2) is 0 Å². The Morgan fingerprint density at radius 3 is 2.62 bits per heavy atom. The van der Waals surface area contributed by atoms with E-state index in [4.69, 9.17) is 17.3 Å². The van der Waals surface area contributed by atoms with Gasteiger partial charge in [-0.1, -0.05) is 29.8 Å². The van der Waals surface area contributed by atoms with Crippen molar-refractivity contribution in [3.63, 3.8) is 0 Å². The lowest BCUT2D eigenvalue weighted by Crippen LogP contribution is -2.16. The van der Waals surface area contributed by atoms with E-state index < -0.39 is 10.0 Å². The second-order valence-electron chi connectivity index (χ2n) is 4.37. The topological polar surface area (TPSA) is 101 Å². The predicted octanol–water partition coefficient (Wildman–Crippen LogP) is 2.60. The number of nitrogen functional groups attached to an aromatic ring is 1.